The molecule has 1 aromatic carbocycles. The summed E-state index contributed by atoms with van der Waals surface area (Å²) in [6.45, 7) is 6.78. The Hall–Kier alpha value is -1.51. The summed E-state index contributed by atoms with van der Waals surface area (Å²) >= 11 is 0. The van der Waals surface area contributed by atoms with E-state index in [0.29, 0.717) is 5.91 Å². The van der Waals surface area contributed by atoms with Crippen molar-refractivity contribution in [2.24, 2.45) is 10.9 Å². The molecule has 1 atom stereocenters. The highest BCUT2D eigenvalue weighted by atomic mass is 127. The maximum Gasteiger partial charge on any atom is 0.225 e. The maximum atomic E-state index is 12.7. The zero-order valence-electron chi connectivity index (χ0n) is 18.7. The number of carbonyl (C=O) groups is 1. The molecule has 0 radical (unpaired) electrons. The zero-order valence-corrected chi connectivity index (χ0v) is 21.1. The van der Waals surface area contributed by atoms with E-state index in [1.165, 1.54) is 18.4 Å². The van der Waals surface area contributed by atoms with Crippen LogP contribution in [0.1, 0.15) is 51.5 Å². The van der Waals surface area contributed by atoms with Crippen LogP contribution in [0.2, 0.25) is 0 Å². The van der Waals surface area contributed by atoms with E-state index in [9.17, 15) is 4.79 Å². The van der Waals surface area contributed by atoms with Crippen molar-refractivity contribution in [3.05, 3.63) is 29.8 Å². The smallest absolute Gasteiger partial charge is 0.225 e. The molecule has 0 aromatic heterocycles. The number of hydrogen-bond donors (Lipinski definition) is 2. The standard InChI is InChI=1S/C23H36N4O2.HI/c1-23(2,18-10-7-11-20(14-18)29-4)16-25-22(24-3)26-19-12-13-27(15-19)21(28)17-8-5-6-9-17;/h7,10-11,14,17,19H,5-6,8-9,12-13,15-16H2,1-4H3,(H2,24,25,26);1H. The van der Waals surface area contributed by atoms with Crippen molar-refractivity contribution >= 4 is 35.8 Å². The number of nitrogens with zero attached hydrogens (tertiary/aromatic N) is 2. The summed E-state index contributed by atoms with van der Waals surface area (Å²) in [5.41, 5.74) is 1.14. The Morgan fingerprint density at radius 2 is 2.00 bits per heavy atom. The molecule has 0 bridgehead atoms. The van der Waals surface area contributed by atoms with Crippen LogP contribution in [0.3, 0.4) is 0 Å². The van der Waals surface area contributed by atoms with Gasteiger partial charge in [-0.05, 0) is 37.0 Å². The molecule has 1 aliphatic carbocycles. The molecule has 1 aliphatic heterocycles. The van der Waals surface area contributed by atoms with E-state index in [1.54, 1.807) is 14.2 Å². The molecule has 2 aliphatic rings. The van der Waals surface area contributed by atoms with Crippen LogP contribution in [0.5, 0.6) is 5.75 Å². The number of ether oxygens (including phenoxy) is 1. The van der Waals surface area contributed by atoms with Crippen LogP contribution >= 0.6 is 24.0 Å². The minimum absolute atomic E-state index is 0. The van der Waals surface area contributed by atoms with Crippen molar-refractivity contribution in [1.29, 1.82) is 0 Å². The van der Waals surface area contributed by atoms with Crippen LogP contribution in [-0.4, -0.2) is 56.6 Å². The van der Waals surface area contributed by atoms with Crippen LogP contribution < -0.4 is 15.4 Å². The topological polar surface area (TPSA) is 66.0 Å². The van der Waals surface area contributed by atoms with Crippen molar-refractivity contribution in [3.8, 4) is 5.75 Å². The molecule has 1 heterocycles. The van der Waals surface area contributed by atoms with E-state index in [2.05, 4.69) is 41.6 Å². The first-order valence-electron chi connectivity index (χ1n) is 10.8. The number of nitrogens with one attached hydrogen (secondary N) is 2. The minimum atomic E-state index is -0.0771. The van der Waals surface area contributed by atoms with Crippen LogP contribution in [0.25, 0.3) is 0 Å². The Kier molecular flexibility index (Phi) is 9.25. The molecule has 1 saturated carbocycles. The van der Waals surface area contributed by atoms with E-state index < -0.39 is 0 Å². The van der Waals surface area contributed by atoms with Gasteiger partial charge in [-0.15, -0.1) is 24.0 Å². The number of rotatable bonds is 6. The van der Waals surface area contributed by atoms with Gasteiger partial charge in [0, 0.05) is 44.1 Å². The van der Waals surface area contributed by atoms with Crippen LogP contribution in [-0.2, 0) is 10.2 Å². The summed E-state index contributed by atoms with van der Waals surface area (Å²) in [4.78, 5) is 19.1. The fourth-order valence-electron chi connectivity index (χ4n) is 4.35. The summed E-state index contributed by atoms with van der Waals surface area (Å²) in [6, 6.07) is 8.46. The number of halogens is 1. The Bertz CT molecular complexity index is 732. The predicted octanol–water partition coefficient (Wildman–Crippen LogP) is 3.55. The van der Waals surface area contributed by atoms with Gasteiger partial charge in [0.15, 0.2) is 5.96 Å². The van der Waals surface area contributed by atoms with Gasteiger partial charge in [-0.3, -0.25) is 9.79 Å². The second-order valence-electron chi connectivity index (χ2n) is 8.94. The lowest BCUT2D eigenvalue weighted by Gasteiger charge is -2.28. The van der Waals surface area contributed by atoms with E-state index >= 15 is 0 Å². The number of methoxy groups -OCH3 is 1. The molecule has 30 heavy (non-hydrogen) atoms. The number of carbonyl (C=O) groups excluding carboxylic acids is 1. The first-order chi connectivity index (χ1) is 13.9. The third-order valence-electron chi connectivity index (χ3n) is 6.32. The van der Waals surface area contributed by atoms with Crippen molar-refractivity contribution in [2.45, 2.75) is 57.4 Å². The Morgan fingerprint density at radius 1 is 1.27 bits per heavy atom. The fourth-order valence-corrected chi connectivity index (χ4v) is 4.35. The maximum absolute atomic E-state index is 12.7. The molecule has 1 unspecified atom stereocenters. The van der Waals surface area contributed by atoms with Crippen LogP contribution in [0, 0.1) is 5.92 Å². The molecular weight excluding hydrogens is 491 g/mol. The predicted molar refractivity (Wildman–Crippen MR) is 133 cm³/mol. The van der Waals surface area contributed by atoms with Crippen LogP contribution in [0.15, 0.2) is 29.3 Å². The Labute approximate surface area is 198 Å². The van der Waals surface area contributed by atoms with Crippen molar-refractivity contribution in [1.82, 2.24) is 15.5 Å². The lowest BCUT2D eigenvalue weighted by molar-refractivity contribution is -0.134. The second-order valence-corrected chi connectivity index (χ2v) is 8.94. The molecule has 6 nitrogen and oxygen atoms in total. The average Bonchev–Trinajstić information content (AvgIpc) is 3.43. The molecule has 2 fully saturated rings. The lowest BCUT2D eigenvalue weighted by Crippen LogP contribution is -2.48. The monoisotopic (exact) mass is 528 g/mol. The van der Waals surface area contributed by atoms with Crippen molar-refractivity contribution in [2.75, 3.05) is 33.8 Å². The quantitative estimate of drug-likeness (QED) is 0.337. The van der Waals surface area contributed by atoms with E-state index in [1.807, 2.05) is 17.0 Å². The van der Waals surface area contributed by atoms with Gasteiger partial charge in [0.2, 0.25) is 5.91 Å². The first-order valence-corrected chi connectivity index (χ1v) is 10.8. The summed E-state index contributed by atoms with van der Waals surface area (Å²) in [5.74, 6) is 2.28. The number of likely N-dealkylation sites (tertiary alicyclic amines) is 1. The Morgan fingerprint density at radius 3 is 2.67 bits per heavy atom. The number of amides is 1. The lowest BCUT2D eigenvalue weighted by atomic mass is 9.84. The molecule has 7 heteroatoms. The number of guanidine groups is 1. The van der Waals surface area contributed by atoms with Gasteiger partial charge in [-0.2, -0.15) is 0 Å². The number of aliphatic imine (C=N–C) groups is 1. The molecular formula is C23H37IN4O2. The zero-order chi connectivity index (χ0) is 20.9. The Balaban J connectivity index is 0.00000320. The highest BCUT2D eigenvalue weighted by Crippen LogP contribution is 2.28. The summed E-state index contributed by atoms with van der Waals surface area (Å²) in [5, 5.41) is 6.97. The molecule has 1 amide bonds. The average molecular weight is 528 g/mol. The minimum Gasteiger partial charge on any atom is -0.497 e. The van der Waals surface area contributed by atoms with E-state index in [0.717, 1.165) is 50.6 Å². The van der Waals surface area contributed by atoms with Gasteiger partial charge in [-0.1, -0.05) is 38.8 Å². The van der Waals surface area contributed by atoms with Gasteiger partial charge in [0.05, 0.1) is 7.11 Å². The normalized spacial score (nSPS) is 20.1. The van der Waals surface area contributed by atoms with E-state index in [4.69, 9.17) is 4.74 Å². The summed E-state index contributed by atoms with van der Waals surface area (Å²) < 4.78 is 5.36. The van der Waals surface area contributed by atoms with Crippen molar-refractivity contribution < 1.29 is 9.53 Å². The molecule has 1 saturated heterocycles. The number of benzene rings is 1. The second kappa shape index (κ2) is 11.2. The van der Waals surface area contributed by atoms with Gasteiger partial charge in [-0.25, -0.2) is 0 Å². The van der Waals surface area contributed by atoms with Gasteiger partial charge >= 0.3 is 0 Å². The van der Waals surface area contributed by atoms with Gasteiger partial charge in [0.1, 0.15) is 5.75 Å². The highest BCUT2D eigenvalue weighted by molar-refractivity contribution is 14.0. The SMILES string of the molecule is CN=C(NCC(C)(C)c1cccc(OC)c1)NC1CCN(C(=O)C2CCCC2)C1.I. The molecule has 2 N–H and O–H groups in total. The highest BCUT2D eigenvalue weighted by Gasteiger charge is 2.32. The van der Waals surface area contributed by atoms with Crippen molar-refractivity contribution in [3.63, 3.8) is 0 Å². The third-order valence-corrected chi connectivity index (χ3v) is 6.32. The largest absolute Gasteiger partial charge is 0.497 e. The third kappa shape index (κ3) is 6.25. The van der Waals surface area contributed by atoms with E-state index in [-0.39, 0.29) is 41.4 Å². The van der Waals surface area contributed by atoms with Crippen LogP contribution in [0.4, 0.5) is 0 Å². The fraction of sp³-hybridized carbons (Fsp3) is 0.652. The molecule has 0 spiro atoms. The van der Waals surface area contributed by atoms with Gasteiger partial charge in [0.25, 0.3) is 0 Å². The molecule has 168 valence electrons. The molecule has 1 aromatic rings. The first kappa shape index (κ1) is 24.8. The number of hydrogen-bond acceptors (Lipinski definition) is 3. The summed E-state index contributed by atoms with van der Waals surface area (Å²) in [6.07, 6.45) is 5.50. The van der Waals surface area contributed by atoms with Gasteiger partial charge < -0.3 is 20.3 Å². The summed E-state index contributed by atoms with van der Waals surface area (Å²) in [7, 11) is 3.49. The molecule has 3 rings (SSSR count).